The molecule has 2 aliphatic heterocycles. The highest BCUT2D eigenvalue weighted by atomic mass is 32.2. The van der Waals surface area contributed by atoms with Crippen LogP contribution in [0.2, 0.25) is 0 Å². The Hall–Kier alpha value is -2.89. The smallest absolute Gasteiger partial charge is 0.253 e. The molecule has 180 valence electrons. The van der Waals surface area contributed by atoms with Crippen LogP contribution in [0.5, 0.6) is 0 Å². The van der Waals surface area contributed by atoms with Crippen LogP contribution in [0.3, 0.4) is 0 Å². The molecule has 2 fully saturated rings. The summed E-state index contributed by atoms with van der Waals surface area (Å²) in [6.45, 7) is 8.02. The minimum Gasteiger partial charge on any atom is -0.370 e. The van der Waals surface area contributed by atoms with E-state index < -0.39 is 10.0 Å². The van der Waals surface area contributed by atoms with Gasteiger partial charge in [0.25, 0.3) is 5.91 Å². The largest absolute Gasteiger partial charge is 0.370 e. The number of amides is 1. The lowest BCUT2D eigenvalue weighted by atomic mass is 9.94. The number of anilines is 1. The predicted molar refractivity (Wildman–Crippen MR) is 132 cm³/mol. The second kappa shape index (κ2) is 10.2. The average molecular weight is 481 g/mol. The molecule has 4 rings (SSSR count). The normalized spacial score (nSPS) is 22.1. The molecule has 7 nitrogen and oxygen atoms in total. The molecule has 2 aliphatic rings. The maximum atomic E-state index is 13.1. The van der Waals surface area contributed by atoms with Gasteiger partial charge in [-0.15, -0.1) is 0 Å². The summed E-state index contributed by atoms with van der Waals surface area (Å²) in [5.74, 6) is 0.600. The summed E-state index contributed by atoms with van der Waals surface area (Å²) < 4.78 is 27.8. The van der Waals surface area contributed by atoms with Gasteiger partial charge in [0.2, 0.25) is 10.0 Å². The Morgan fingerprint density at radius 3 is 2.18 bits per heavy atom. The van der Waals surface area contributed by atoms with Gasteiger partial charge in [0, 0.05) is 50.5 Å². The molecule has 34 heavy (non-hydrogen) atoms. The molecular formula is C26H32N4O3S. The van der Waals surface area contributed by atoms with Crippen LogP contribution >= 0.6 is 0 Å². The number of sulfonamides is 1. The second-order valence-corrected chi connectivity index (χ2v) is 11.5. The van der Waals surface area contributed by atoms with Gasteiger partial charge in [-0.2, -0.15) is 9.57 Å². The number of piperidine rings is 1. The van der Waals surface area contributed by atoms with Crippen molar-refractivity contribution in [3.8, 4) is 6.07 Å². The summed E-state index contributed by atoms with van der Waals surface area (Å²) in [5, 5.41) is 8.99. The van der Waals surface area contributed by atoms with Crippen LogP contribution in [-0.2, 0) is 10.0 Å². The van der Waals surface area contributed by atoms with Gasteiger partial charge in [0.15, 0.2) is 0 Å². The average Bonchev–Trinajstić information content (AvgIpc) is 3.09. The first-order chi connectivity index (χ1) is 16.3. The van der Waals surface area contributed by atoms with Crippen LogP contribution in [0.4, 0.5) is 5.69 Å². The third-order valence-corrected chi connectivity index (χ3v) is 8.56. The van der Waals surface area contributed by atoms with Gasteiger partial charge < -0.3 is 9.80 Å². The number of rotatable bonds is 4. The maximum absolute atomic E-state index is 13.1. The number of carbonyl (C=O) groups is 1. The fourth-order valence-corrected chi connectivity index (χ4v) is 6.71. The van der Waals surface area contributed by atoms with Crippen molar-refractivity contribution in [2.45, 2.75) is 31.6 Å². The number of nitrogens with zero attached hydrogens (tertiary/aromatic N) is 4. The summed E-state index contributed by atoms with van der Waals surface area (Å²) in [4.78, 5) is 17.4. The lowest BCUT2D eigenvalue weighted by Crippen LogP contribution is -2.42. The van der Waals surface area contributed by atoms with Gasteiger partial charge in [-0.1, -0.05) is 13.8 Å². The molecule has 2 unspecified atom stereocenters. The van der Waals surface area contributed by atoms with E-state index in [4.69, 9.17) is 5.26 Å². The Bertz CT molecular complexity index is 1150. The summed E-state index contributed by atoms with van der Waals surface area (Å²) >= 11 is 0. The molecule has 2 atom stereocenters. The fraction of sp³-hybridized carbons (Fsp3) is 0.462. The zero-order valence-corrected chi connectivity index (χ0v) is 20.7. The van der Waals surface area contributed by atoms with Crippen molar-refractivity contribution in [2.75, 3.05) is 44.2 Å². The molecular weight excluding hydrogens is 448 g/mol. The highest BCUT2D eigenvalue weighted by molar-refractivity contribution is 7.89. The number of hydrogen-bond donors (Lipinski definition) is 0. The van der Waals surface area contributed by atoms with Crippen LogP contribution in [0.1, 0.15) is 42.6 Å². The van der Waals surface area contributed by atoms with E-state index in [1.807, 2.05) is 29.2 Å². The Morgan fingerprint density at radius 2 is 1.56 bits per heavy atom. The van der Waals surface area contributed by atoms with Gasteiger partial charge in [-0.25, -0.2) is 8.42 Å². The topological polar surface area (TPSA) is 84.7 Å². The van der Waals surface area contributed by atoms with Crippen molar-refractivity contribution in [2.24, 2.45) is 11.8 Å². The molecule has 0 aromatic heterocycles. The van der Waals surface area contributed by atoms with Gasteiger partial charge in [0.1, 0.15) is 0 Å². The third-order valence-electron chi connectivity index (χ3n) is 6.72. The summed E-state index contributed by atoms with van der Waals surface area (Å²) in [7, 11) is -3.56. The molecule has 2 aromatic rings. The maximum Gasteiger partial charge on any atom is 0.253 e. The molecule has 2 saturated heterocycles. The summed E-state index contributed by atoms with van der Waals surface area (Å²) in [6.07, 6.45) is 1.88. The number of hydrogen-bond acceptors (Lipinski definition) is 5. The third kappa shape index (κ3) is 5.26. The Kier molecular flexibility index (Phi) is 7.24. The summed E-state index contributed by atoms with van der Waals surface area (Å²) in [6, 6.07) is 16.0. The molecule has 1 amide bonds. The quantitative estimate of drug-likeness (QED) is 0.668. The first-order valence-corrected chi connectivity index (χ1v) is 13.4. The number of benzene rings is 2. The van der Waals surface area contributed by atoms with E-state index in [-0.39, 0.29) is 10.8 Å². The van der Waals surface area contributed by atoms with Crippen molar-refractivity contribution >= 4 is 21.6 Å². The van der Waals surface area contributed by atoms with Crippen molar-refractivity contribution < 1.29 is 13.2 Å². The van der Waals surface area contributed by atoms with Gasteiger partial charge >= 0.3 is 0 Å². The van der Waals surface area contributed by atoms with Crippen LogP contribution in [0.25, 0.3) is 0 Å². The monoisotopic (exact) mass is 480 g/mol. The number of carbonyl (C=O) groups excluding carboxylic acids is 1. The SMILES string of the molecule is CC1CC(C)CN(S(=O)(=O)c2ccc(C(=O)N3CCCN(c4ccc(C#N)cc4)CC3)cc2)C1. The molecule has 0 bridgehead atoms. The fourth-order valence-electron chi connectivity index (χ4n) is 5.03. The van der Waals surface area contributed by atoms with Crippen molar-refractivity contribution in [1.29, 1.82) is 5.26 Å². The second-order valence-electron chi connectivity index (χ2n) is 9.58. The van der Waals surface area contributed by atoms with E-state index in [2.05, 4.69) is 24.8 Å². The van der Waals surface area contributed by atoms with Gasteiger partial charge in [0.05, 0.1) is 16.5 Å². The highest BCUT2D eigenvalue weighted by Gasteiger charge is 2.32. The van der Waals surface area contributed by atoms with Crippen LogP contribution in [0.15, 0.2) is 53.4 Å². The van der Waals surface area contributed by atoms with E-state index in [0.29, 0.717) is 55.7 Å². The van der Waals surface area contributed by atoms with Crippen LogP contribution in [0, 0.1) is 23.2 Å². The van der Waals surface area contributed by atoms with Gasteiger partial charge in [-0.3, -0.25) is 4.79 Å². The lowest BCUT2D eigenvalue weighted by Gasteiger charge is -2.34. The Morgan fingerprint density at radius 1 is 0.912 bits per heavy atom. The van der Waals surface area contributed by atoms with Crippen molar-refractivity contribution in [3.05, 3.63) is 59.7 Å². The highest BCUT2D eigenvalue weighted by Crippen LogP contribution is 2.27. The molecule has 2 heterocycles. The molecule has 0 spiro atoms. The zero-order valence-electron chi connectivity index (χ0n) is 19.9. The lowest BCUT2D eigenvalue weighted by molar-refractivity contribution is 0.0767. The van der Waals surface area contributed by atoms with E-state index in [1.54, 1.807) is 28.6 Å². The van der Waals surface area contributed by atoms with E-state index >= 15 is 0 Å². The first-order valence-electron chi connectivity index (χ1n) is 11.9. The Balaban J connectivity index is 1.42. The molecule has 8 heteroatoms. The predicted octanol–water partition coefficient (Wildman–Crippen LogP) is 3.58. The van der Waals surface area contributed by atoms with Crippen LogP contribution < -0.4 is 4.90 Å². The molecule has 2 aromatic carbocycles. The van der Waals surface area contributed by atoms with Crippen LogP contribution in [-0.4, -0.2) is 62.8 Å². The van der Waals surface area contributed by atoms with E-state index in [9.17, 15) is 13.2 Å². The molecule has 0 radical (unpaired) electrons. The van der Waals surface area contributed by atoms with E-state index in [1.165, 1.54) is 0 Å². The van der Waals surface area contributed by atoms with Crippen molar-refractivity contribution in [1.82, 2.24) is 9.21 Å². The van der Waals surface area contributed by atoms with Gasteiger partial charge in [-0.05, 0) is 73.2 Å². The molecule has 0 aliphatic carbocycles. The van der Waals surface area contributed by atoms with Crippen molar-refractivity contribution in [3.63, 3.8) is 0 Å². The molecule has 0 saturated carbocycles. The van der Waals surface area contributed by atoms with E-state index in [0.717, 1.165) is 25.1 Å². The number of nitriles is 1. The molecule has 0 N–H and O–H groups in total. The first kappa shape index (κ1) is 24.2. The Labute approximate surface area is 202 Å². The summed E-state index contributed by atoms with van der Waals surface area (Å²) in [5.41, 5.74) is 2.18. The standard InChI is InChI=1S/C26H32N4O3S/c1-20-16-21(2)19-30(18-20)34(32,33)25-10-6-23(7-11-25)26(31)29-13-3-12-28(14-15-29)24-8-4-22(17-27)5-9-24/h4-11,20-21H,3,12-16,18-19H2,1-2H3. The minimum atomic E-state index is -3.56. The zero-order chi connectivity index (χ0) is 24.3. The minimum absolute atomic E-state index is 0.0779.